The first-order chi connectivity index (χ1) is 14.8. The standard InChI is InChI=1S/C22H19FN2O5S/c1-2-30-22(27)16-7-6-10-18(13-16)25-31(28,29)20-14-15(11-12-19(20)23)21(26)24-17-8-4-3-5-9-17/h3-14,25H,2H2,1H3,(H,24,26). The van der Waals surface area contributed by atoms with E-state index < -0.39 is 32.6 Å². The van der Waals surface area contributed by atoms with Gasteiger partial charge in [0.1, 0.15) is 10.7 Å². The number of amides is 1. The lowest BCUT2D eigenvalue weighted by Gasteiger charge is -2.12. The van der Waals surface area contributed by atoms with Crippen molar-refractivity contribution in [1.82, 2.24) is 0 Å². The van der Waals surface area contributed by atoms with E-state index in [9.17, 15) is 22.4 Å². The monoisotopic (exact) mass is 442 g/mol. The van der Waals surface area contributed by atoms with Gasteiger partial charge < -0.3 is 10.1 Å². The van der Waals surface area contributed by atoms with Gasteiger partial charge in [-0.3, -0.25) is 9.52 Å². The molecule has 0 radical (unpaired) electrons. The van der Waals surface area contributed by atoms with Gasteiger partial charge in [0.25, 0.3) is 15.9 Å². The number of nitrogens with one attached hydrogen (secondary N) is 2. The maximum atomic E-state index is 14.3. The van der Waals surface area contributed by atoms with Crippen molar-refractivity contribution in [3.63, 3.8) is 0 Å². The molecular weight excluding hydrogens is 423 g/mol. The summed E-state index contributed by atoms with van der Waals surface area (Å²) in [5, 5.41) is 2.61. The van der Waals surface area contributed by atoms with Gasteiger partial charge in [-0.25, -0.2) is 17.6 Å². The van der Waals surface area contributed by atoms with E-state index in [0.717, 1.165) is 12.1 Å². The fourth-order valence-electron chi connectivity index (χ4n) is 2.71. The molecule has 2 N–H and O–H groups in total. The minimum atomic E-state index is -4.38. The van der Waals surface area contributed by atoms with Gasteiger partial charge in [0.05, 0.1) is 12.2 Å². The second kappa shape index (κ2) is 9.40. The molecule has 0 aliphatic rings. The predicted molar refractivity (Wildman–Crippen MR) is 114 cm³/mol. The SMILES string of the molecule is CCOC(=O)c1cccc(NS(=O)(=O)c2cc(C(=O)Nc3ccccc3)ccc2F)c1. The Bertz CT molecular complexity index is 1210. The van der Waals surface area contributed by atoms with Crippen LogP contribution in [0.5, 0.6) is 0 Å². The second-order valence-electron chi connectivity index (χ2n) is 6.37. The molecule has 0 bridgehead atoms. The fourth-order valence-corrected chi connectivity index (χ4v) is 3.86. The van der Waals surface area contributed by atoms with E-state index in [-0.39, 0.29) is 23.4 Å². The van der Waals surface area contributed by atoms with E-state index in [1.807, 2.05) is 0 Å². The normalized spacial score (nSPS) is 10.9. The summed E-state index contributed by atoms with van der Waals surface area (Å²) < 4.78 is 47.0. The quantitative estimate of drug-likeness (QED) is 0.538. The third-order valence-corrected chi connectivity index (χ3v) is 5.54. The van der Waals surface area contributed by atoms with Gasteiger partial charge in [-0.15, -0.1) is 0 Å². The number of hydrogen-bond acceptors (Lipinski definition) is 5. The molecule has 0 unspecified atom stereocenters. The Morgan fingerprint density at radius 1 is 0.903 bits per heavy atom. The van der Waals surface area contributed by atoms with E-state index >= 15 is 0 Å². The number of halogens is 1. The number of carbonyl (C=O) groups is 2. The van der Waals surface area contributed by atoms with Crippen molar-refractivity contribution in [3.8, 4) is 0 Å². The molecule has 9 heteroatoms. The van der Waals surface area contributed by atoms with Crippen LogP contribution in [0.25, 0.3) is 0 Å². The number of para-hydroxylation sites is 1. The van der Waals surface area contributed by atoms with Gasteiger partial charge in [-0.1, -0.05) is 24.3 Å². The summed E-state index contributed by atoms with van der Waals surface area (Å²) in [5.41, 5.74) is 0.656. The van der Waals surface area contributed by atoms with Crippen LogP contribution in [-0.4, -0.2) is 26.9 Å². The molecule has 7 nitrogen and oxygen atoms in total. The van der Waals surface area contributed by atoms with Gasteiger partial charge in [0.2, 0.25) is 0 Å². The summed E-state index contributed by atoms with van der Waals surface area (Å²) in [5.74, 6) is -2.23. The topological polar surface area (TPSA) is 102 Å². The summed E-state index contributed by atoms with van der Waals surface area (Å²) in [6, 6.07) is 17.2. The molecule has 0 heterocycles. The highest BCUT2D eigenvalue weighted by Gasteiger charge is 2.22. The van der Waals surface area contributed by atoms with Gasteiger partial charge >= 0.3 is 5.97 Å². The van der Waals surface area contributed by atoms with E-state index in [1.165, 1.54) is 30.3 Å². The second-order valence-corrected chi connectivity index (χ2v) is 8.02. The Labute approximate surface area is 178 Å². The number of rotatable bonds is 7. The molecule has 0 saturated heterocycles. The van der Waals surface area contributed by atoms with Crippen molar-refractivity contribution in [2.45, 2.75) is 11.8 Å². The molecule has 0 atom stereocenters. The van der Waals surface area contributed by atoms with Gasteiger partial charge in [-0.05, 0) is 55.5 Å². The first kappa shape index (κ1) is 22.0. The summed E-state index contributed by atoms with van der Waals surface area (Å²) in [6.45, 7) is 1.81. The number of carbonyl (C=O) groups excluding carboxylic acids is 2. The summed E-state index contributed by atoms with van der Waals surface area (Å²) in [7, 11) is -4.38. The molecule has 0 fully saturated rings. The van der Waals surface area contributed by atoms with E-state index in [0.29, 0.717) is 5.69 Å². The van der Waals surface area contributed by atoms with Gasteiger partial charge in [0, 0.05) is 16.9 Å². The Hall–Kier alpha value is -3.72. The average molecular weight is 442 g/mol. The molecule has 0 aromatic heterocycles. The molecule has 0 spiro atoms. The Kier molecular flexibility index (Phi) is 6.66. The number of ether oxygens (including phenoxy) is 1. The molecular formula is C22H19FN2O5S. The van der Waals surface area contributed by atoms with Crippen LogP contribution in [0.3, 0.4) is 0 Å². The first-order valence-corrected chi connectivity index (χ1v) is 10.7. The van der Waals surface area contributed by atoms with E-state index in [4.69, 9.17) is 4.74 Å². The van der Waals surface area contributed by atoms with Crippen LogP contribution >= 0.6 is 0 Å². The zero-order valence-corrected chi connectivity index (χ0v) is 17.3. The van der Waals surface area contributed by atoms with Crippen molar-refractivity contribution in [2.24, 2.45) is 0 Å². The summed E-state index contributed by atoms with van der Waals surface area (Å²) in [4.78, 5) is 23.6. The van der Waals surface area contributed by atoms with Crippen LogP contribution < -0.4 is 10.0 Å². The van der Waals surface area contributed by atoms with Crippen LogP contribution in [0, 0.1) is 5.82 Å². The van der Waals surface area contributed by atoms with Crippen molar-refractivity contribution >= 4 is 33.3 Å². The third kappa shape index (κ3) is 5.46. The minimum absolute atomic E-state index is 0.0362. The molecule has 0 aliphatic carbocycles. The molecule has 31 heavy (non-hydrogen) atoms. The lowest BCUT2D eigenvalue weighted by molar-refractivity contribution is 0.0526. The van der Waals surface area contributed by atoms with Crippen molar-refractivity contribution in [2.75, 3.05) is 16.6 Å². The highest BCUT2D eigenvalue weighted by molar-refractivity contribution is 7.92. The molecule has 3 aromatic carbocycles. The number of anilines is 2. The van der Waals surface area contributed by atoms with Crippen LogP contribution in [0.1, 0.15) is 27.6 Å². The van der Waals surface area contributed by atoms with Crippen LogP contribution in [0.2, 0.25) is 0 Å². The maximum Gasteiger partial charge on any atom is 0.338 e. The lowest BCUT2D eigenvalue weighted by atomic mass is 10.2. The van der Waals surface area contributed by atoms with Crippen LogP contribution in [-0.2, 0) is 14.8 Å². The highest BCUT2D eigenvalue weighted by atomic mass is 32.2. The number of sulfonamides is 1. The molecule has 1 amide bonds. The summed E-state index contributed by atoms with van der Waals surface area (Å²) >= 11 is 0. The average Bonchev–Trinajstić information content (AvgIpc) is 2.74. The van der Waals surface area contributed by atoms with Crippen molar-refractivity contribution in [3.05, 3.63) is 89.7 Å². The van der Waals surface area contributed by atoms with Crippen molar-refractivity contribution in [1.29, 1.82) is 0 Å². The molecule has 160 valence electrons. The third-order valence-electron chi connectivity index (χ3n) is 4.14. The smallest absolute Gasteiger partial charge is 0.338 e. The van der Waals surface area contributed by atoms with Gasteiger partial charge in [-0.2, -0.15) is 0 Å². The Balaban J connectivity index is 1.86. The van der Waals surface area contributed by atoms with E-state index in [1.54, 1.807) is 37.3 Å². The summed E-state index contributed by atoms with van der Waals surface area (Å²) in [6.07, 6.45) is 0. The molecule has 3 rings (SSSR count). The lowest BCUT2D eigenvalue weighted by Crippen LogP contribution is -2.17. The number of esters is 1. The van der Waals surface area contributed by atoms with Crippen LogP contribution in [0.15, 0.2) is 77.7 Å². The zero-order chi connectivity index (χ0) is 22.4. The predicted octanol–water partition coefficient (Wildman–Crippen LogP) is 4.06. The first-order valence-electron chi connectivity index (χ1n) is 9.26. The molecule has 0 aliphatic heterocycles. The number of benzene rings is 3. The Morgan fingerprint density at radius 3 is 2.32 bits per heavy atom. The Morgan fingerprint density at radius 2 is 1.61 bits per heavy atom. The molecule has 3 aromatic rings. The minimum Gasteiger partial charge on any atom is -0.462 e. The zero-order valence-electron chi connectivity index (χ0n) is 16.5. The number of hydrogen-bond donors (Lipinski definition) is 2. The van der Waals surface area contributed by atoms with Crippen LogP contribution in [0.4, 0.5) is 15.8 Å². The largest absolute Gasteiger partial charge is 0.462 e. The fraction of sp³-hybridized carbons (Fsp3) is 0.0909. The maximum absolute atomic E-state index is 14.3. The van der Waals surface area contributed by atoms with Crippen molar-refractivity contribution < 1.29 is 27.1 Å². The van der Waals surface area contributed by atoms with Gasteiger partial charge in [0.15, 0.2) is 0 Å². The molecule has 0 saturated carbocycles. The highest BCUT2D eigenvalue weighted by Crippen LogP contribution is 2.22. The van der Waals surface area contributed by atoms with E-state index in [2.05, 4.69) is 10.0 Å².